The number of hydrogen-bond donors (Lipinski definition) is 5. The van der Waals surface area contributed by atoms with Gasteiger partial charge >= 0.3 is 11.9 Å². The molecule has 3 rings (SSSR count). The molecule has 1 aromatic rings. The minimum absolute atomic E-state index is 0.00174. The summed E-state index contributed by atoms with van der Waals surface area (Å²) < 4.78 is 59.4. The molecule has 2 saturated heterocycles. The van der Waals surface area contributed by atoms with Crippen LogP contribution in [0.3, 0.4) is 0 Å². The van der Waals surface area contributed by atoms with Crippen molar-refractivity contribution in [2.45, 2.75) is 84.0 Å². The number of benzene rings is 1. The SMILES string of the molecule is C#C.CC.CC(=O)OCc1ccc(OCCOCCNC(=O)C(CS(=O)(=O)O)NC(=O)CCN2C(=O)CCC2=O)cc1OC1CC(O)CC(C(=O)O)O1. The van der Waals surface area contributed by atoms with Gasteiger partial charge in [0, 0.05) is 63.7 Å². The Labute approximate surface area is 307 Å². The van der Waals surface area contributed by atoms with Crippen LogP contribution in [0.1, 0.15) is 58.4 Å². The second-order valence-electron chi connectivity index (χ2n) is 11.0. The predicted octanol–water partition coefficient (Wildman–Crippen LogP) is -0.222. The molecular formula is C33H47N3O16S. The lowest BCUT2D eigenvalue weighted by molar-refractivity contribution is -0.195. The molecule has 4 unspecified atom stereocenters. The highest BCUT2D eigenvalue weighted by molar-refractivity contribution is 7.85. The number of likely N-dealkylation sites (tertiary alicyclic amines) is 1. The number of carboxylic acids is 1. The summed E-state index contributed by atoms with van der Waals surface area (Å²) in [4.78, 5) is 71.9. The Balaban J connectivity index is 0.00000339. The number of imide groups is 1. The zero-order chi connectivity index (χ0) is 40.1. The molecule has 296 valence electrons. The van der Waals surface area contributed by atoms with Crippen molar-refractivity contribution < 1.29 is 75.6 Å². The molecule has 20 heteroatoms. The molecule has 0 aliphatic carbocycles. The highest BCUT2D eigenvalue weighted by atomic mass is 32.2. The van der Waals surface area contributed by atoms with Crippen molar-refractivity contribution >= 4 is 45.7 Å². The van der Waals surface area contributed by atoms with E-state index < -0.39 is 76.0 Å². The van der Waals surface area contributed by atoms with E-state index in [2.05, 4.69) is 23.5 Å². The number of esters is 1. The number of amides is 4. The number of nitrogens with zero attached hydrogens (tertiary/aromatic N) is 1. The van der Waals surface area contributed by atoms with Gasteiger partial charge in [0.15, 0.2) is 6.10 Å². The number of carbonyl (C=O) groups is 6. The van der Waals surface area contributed by atoms with E-state index in [4.69, 9.17) is 23.7 Å². The van der Waals surface area contributed by atoms with Crippen molar-refractivity contribution in [3.63, 3.8) is 0 Å². The van der Waals surface area contributed by atoms with E-state index >= 15 is 0 Å². The summed E-state index contributed by atoms with van der Waals surface area (Å²) in [6, 6.07) is 2.93. The van der Waals surface area contributed by atoms with Crippen molar-refractivity contribution in [1.29, 1.82) is 0 Å². The van der Waals surface area contributed by atoms with Crippen LogP contribution in [0, 0.1) is 12.8 Å². The zero-order valence-corrected chi connectivity index (χ0v) is 30.5. The van der Waals surface area contributed by atoms with Gasteiger partial charge in [-0.2, -0.15) is 8.42 Å². The van der Waals surface area contributed by atoms with E-state index in [1.807, 2.05) is 13.8 Å². The molecule has 2 aliphatic rings. The summed E-state index contributed by atoms with van der Waals surface area (Å²) in [5, 5.41) is 23.9. The normalized spacial score (nSPS) is 18.6. The van der Waals surface area contributed by atoms with Gasteiger partial charge in [-0.25, -0.2) is 4.79 Å². The number of hydrogen-bond acceptors (Lipinski definition) is 14. The van der Waals surface area contributed by atoms with E-state index in [-0.39, 0.29) is 77.4 Å². The summed E-state index contributed by atoms with van der Waals surface area (Å²) in [6.07, 6.45) is 4.24. The first-order chi connectivity index (χ1) is 25.1. The summed E-state index contributed by atoms with van der Waals surface area (Å²) in [6.45, 7) is 4.71. The molecule has 2 fully saturated rings. The standard InChI is InChI=1S/C29H39N3O16S.C2H6.C2H2/c1-17(33)46-15-18-2-3-20(14-22(18)47-27-13-19(34)12-23(48-27)29(39)40)45-11-10-44-9-7-30-28(38)21(16-49(41,42)43)31-24(35)6-8-32-25(36)4-5-26(32)37;2*1-2/h2-3,14,19,21,23,27,34H,4-13,15-16H2,1H3,(H,30,38)(H,31,35)(H,39,40)(H,41,42,43);1-2H3;1-2H. The molecule has 4 atom stereocenters. The lowest BCUT2D eigenvalue weighted by Crippen LogP contribution is -2.51. The molecule has 0 radical (unpaired) electrons. The van der Waals surface area contributed by atoms with Gasteiger partial charge in [0.25, 0.3) is 10.1 Å². The number of aliphatic hydroxyl groups is 1. The van der Waals surface area contributed by atoms with Gasteiger partial charge in [-0.1, -0.05) is 13.8 Å². The Hall–Kier alpha value is -4.81. The van der Waals surface area contributed by atoms with Gasteiger partial charge in [0.2, 0.25) is 29.9 Å². The van der Waals surface area contributed by atoms with Crippen molar-refractivity contribution in [1.82, 2.24) is 15.5 Å². The largest absolute Gasteiger partial charge is 0.491 e. The summed E-state index contributed by atoms with van der Waals surface area (Å²) in [5.74, 6) is -5.06. The van der Waals surface area contributed by atoms with Crippen molar-refractivity contribution in [3.8, 4) is 24.3 Å². The molecule has 53 heavy (non-hydrogen) atoms. The van der Waals surface area contributed by atoms with Gasteiger partial charge in [-0.05, 0) is 12.1 Å². The monoisotopic (exact) mass is 773 g/mol. The van der Waals surface area contributed by atoms with Crippen LogP contribution in [0.4, 0.5) is 0 Å². The van der Waals surface area contributed by atoms with E-state index in [0.29, 0.717) is 11.3 Å². The first-order valence-corrected chi connectivity index (χ1v) is 18.1. The number of ether oxygens (including phenoxy) is 5. The molecule has 0 saturated carbocycles. The van der Waals surface area contributed by atoms with Crippen LogP contribution in [-0.4, -0.2) is 127 Å². The smallest absolute Gasteiger partial charge is 0.333 e. The lowest BCUT2D eigenvalue weighted by atomic mass is 10.1. The summed E-state index contributed by atoms with van der Waals surface area (Å²) in [5.41, 5.74) is 0.422. The number of aliphatic hydroxyl groups excluding tert-OH is 1. The van der Waals surface area contributed by atoms with Gasteiger partial charge < -0.3 is 44.5 Å². The van der Waals surface area contributed by atoms with Gasteiger partial charge in [-0.15, -0.1) is 12.8 Å². The lowest BCUT2D eigenvalue weighted by Gasteiger charge is -2.31. The van der Waals surface area contributed by atoms with E-state index in [1.54, 1.807) is 12.1 Å². The quantitative estimate of drug-likeness (QED) is 0.0400. The third kappa shape index (κ3) is 17.5. The molecule has 19 nitrogen and oxygen atoms in total. The summed E-state index contributed by atoms with van der Waals surface area (Å²) >= 11 is 0. The van der Waals surface area contributed by atoms with Crippen LogP contribution in [0.5, 0.6) is 11.5 Å². The number of nitrogens with one attached hydrogen (secondary N) is 2. The second kappa shape index (κ2) is 23.7. The van der Waals surface area contributed by atoms with Gasteiger partial charge in [0.05, 0.1) is 19.3 Å². The minimum Gasteiger partial charge on any atom is -0.491 e. The van der Waals surface area contributed by atoms with E-state index in [1.165, 1.54) is 13.0 Å². The topological polar surface area (TPSA) is 271 Å². The Morgan fingerprint density at radius 3 is 2.32 bits per heavy atom. The number of carboxylic acid groups (broad SMARTS) is 1. The Kier molecular flexibility index (Phi) is 20.7. The number of carbonyl (C=O) groups excluding carboxylic acids is 5. The Morgan fingerprint density at radius 2 is 1.72 bits per heavy atom. The number of aliphatic carboxylic acids is 1. The number of terminal acetylenes is 1. The van der Waals surface area contributed by atoms with Crippen LogP contribution in [0.15, 0.2) is 18.2 Å². The minimum atomic E-state index is -4.68. The van der Waals surface area contributed by atoms with Crippen LogP contribution >= 0.6 is 0 Å². The molecule has 0 bridgehead atoms. The maximum atomic E-state index is 12.6. The van der Waals surface area contributed by atoms with Gasteiger partial charge in [0.1, 0.15) is 36.5 Å². The van der Waals surface area contributed by atoms with Gasteiger partial charge in [-0.3, -0.25) is 33.4 Å². The molecule has 2 heterocycles. The molecule has 0 spiro atoms. The molecular weight excluding hydrogens is 726 g/mol. The van der Waals surface area contributed by atoms with Crippen LogP contribution in [0.25, 0.3) is 0 Å². The molecule has 4 amide bonds. The third-order valence-electron chi connectivity index (χ3n) is 7.06. The zero-order valence-electron chi connectivity index (χ0n) is 29.7. The van der Waals surface area contributed by atoms with Crippen molar-refractivity contribution in [3.05, 3.63) is 23.8 Å². The fourth-order valence-electron chi connectivity index (χ4n) is 4.71. The van der Waals surface area contributed by atoms with Crippen LogP contribution < -0.4 is 20.1 Å². The van der Waals surface area contributed by atoms with Crippen molar-refractivity contribution in [2.24, 2.45) is 0 Å². The first-order valence-electron chi connectivity index (χ1n) is 16.5. The average molecular weight is 774 g/mol. The number of rotatable bonds is 19. The predicted molar refractivity (Wildman–Crippen MR) is 184 cm³/mol. The highest BCUT2D eigenvalue weighted by Gasteiger charge is 2.34. The van der Waals surface area contributed by atoms with Crippen LogP contribution in [-0.2, 0) is 59.7 Å². The molecule has 5 N–H and O–H groups in total. The molecule has 0 aromatic heterocycles. The highest BCUT2D eigenvalue weighted by Crippen LogP contribution is 2.30. The Morgan fingerprint density at radius 1 is 1.06 bits per heavy atom. The van der Waals surface area contributed by atoms with E-state index in [0.717, 1.165) is 4.90 Å². The van der Waals surface area contributed by atoms with Crippen LogP contribution in [0.2, 0.25) is 0 Å². The second-order valence-corrected chi connectivity index (χ2v) is 12.5. The maximum absolute atomic E-state index is 12.6. The first kappa shape index (κ1) is 46.2. The molecule has 2 aliphatic heterocycles. The molecule has 1 aromatic carbocycles. The Bertz CT molecular complexity index is 1520. The fourth-order valence-corrected chi connectivity index (χ4v) is 5.36. The van der Waals surface area contributed by atoms with E-state index in [9.17, 15) is 52.0 Å². The average Bonchev–Trinajstić information content (AvgIpc) is 3.42. The summed E-state index contributed by atoms with van der Waals surface area (Å²) in [7, 11) is -4.68. The van der Waals surface area contributed by atoms with Crippen molar-refractivity contribution in [2.75, 3.05) is 38.7 Å². The fraction of sp³-hybridized carbons (Fsp3) is 0.576. The maximum Gasteiger partial charge on any atom is 0.333 e. The third-order valence-corrected chi connectivity index (χ3v) is 7.81.